The molecule has 0 bridgehead atoms. The molecule has 78 valence electrons. The smallest absolute Gasteiger partial charge is 0.0276 e. The van der Waals surface area contributed by atoms with Gasteiger partial charge in [0.15, 0.2) is 0 Å². The summed E-state index contributed by atoms with van der Waals surface area (Å²) in [4.78, 5) is 0. The van der Waals surface area contributed by atoms with Crippen molar-refractivity contribution in [2.45, 2.75) is 53.4 Å². The molecule has 0 spiro atoms. The number of hydrogen-bond acceptors (Lipinski definition) is 0. The molecule has 0 heteroatoms. The van der Waals surface area contributed by atoms with E-state index >= 15 is 0 Å². The molecule has 0 nitrogen and oxygen atoms in total. The average Bonchev–Trinajstić information content (AvgIpc) is 2.14. The Kier molecular flexibility index (Phi) is 4.19. The second-order valence-electron chi connectivity index (χ2n) is 4.32. The van der Waals surface area contributed by atoms with Crippen LogP contribution in [0.4, 0.5) is 0 Å². The summed E-state index contributed by atoms with van der Waals surface area (Å²) in [6, 6.07) is 4.68. The van der Waals surface area contributed by atoms with Crippen molar-refractivity contribution in [2.24, 2.45) is 0 Å². The van der Waals surface area contributed by atoms with Crippen molar-refractivity contribution in [3.63, 3.8) is 0 Å². The second kappa shape index (κ2) is 5.19. The monoisotopic (exact) mass is 190 g/mol. The van der Waals surface area contributed by atoms with Gasteiger partial charge in [0, 0.05) is 0 Å². The Hall–Kier alpha value is -0.780. The topological polar surface area (TPSA) is 0 Å². The largest absolute Gasteiger partial charge is 0.0654 e. The van der Waals surface area contributed by atoms with Gasteiger partial charge >= 0.3 is 0 Å². The highest BCUT2D eigenvalue weighted by molar-refractivity contribution is 5.36. The Bertz CT molecular complexity index is 297. The lowest BCUT2D eigenvalue weighted by atomic mass is 9.97. The van der Waals surface area contributed by atoms with Crippen molar-refractivity contribution < 1.29 is 0 Å². The fraction of sp³-hybridized carbons (Fsp3) is 0.571. The summed E-state index contributed by atoms with van der Waals surface area (Å²) in [5, 5.41) is 0. The molecule has 0 heterocycles. The van der Waals surface area contributed by atoms with Gasteiger partial charge in [-0.05, 0) is 55.9 Å². The van der Waals surface area contributed by atoms with Gasteiger partial charge in [-0.25, -0.2) is 0 Å². The van der Waals surface area contributed by atoms with Gasteiger partial charge in [0.05, 0.1) is 0 Å². The van der Waals surface area contributed by atoms with Gasteiger partial charge < -0.3 is 0 Å². The molecule has 0 radical (unpaired) electrons. The van der Waals surface area contributed by atoms with E-state index in [4.69, 9.17) is 0 Å². The summed E-state index contributed by atoms with van der Waals surface area (Å²) in [7, 11) is 0. The summed E-state index contributed by atoms with van der Waals surface area (Å²) in [6.07, 6.45) is 5.25. The summed E-state index contributed by atoms with van der Waals surface area (Å²) < 4.78 is 0. The molecule has 0 amide bonds. The molecule has 0 aliphatic carbocycles. The first kappa shape index (κ1) is 11.3. The van der Waals surface area contributed by atoms with E-state index in [2.05, 4.69) is 39.8 Å². The molecule has 0 unspecified atom stereocenters. The SMILES string of the molecule is CCCCCc1cc(C)c(C)cc1C. The van der Waals surface area contributed by atoms with Crippen LogP contribution in [0.5, 0.6) is 0 Å². The maximum Gasteiger partial charge on any atom is -0.0276 e. The van der Waals surface area contributed by atoms with Crippen molar-refractivity contribution in [1.82, 2.24) is 0 Å². The highest BCUT2D eigenvalue weighted by atomic mass is 14.1. The van der Waals surface area contributed by atoms with Crippen LogP contribution in [0.2, 0.25) is 0 Å². The van der Waals surface area contributed by atoms with Crippen LogP contribution in [0.25, 0.3) is 0 Å². The molecule has 0 fully saturated rings. The summed E-state index contributed by atoms with van der Waals surface area (Å²) in [6.45, 7) is 8.89. The summed E-state index contributed by atoms with van der Waals surface area (Å²) >= 11 is 0. The van der Waals surface area contributed by atoms with Crippen molar-refractivity contribution in [3.8, 4) is 0 Å². The normalized spacial score (nSPS) is 10.6. The van der Waals surface area contributed by atoms with Crippen molar-refractivity contribution in [3.05, 3.63) is 34.4 Å². The Morgan fingerprint density at radius 1 is 0.857 bits per heavy atom. The zero-order chi connectivity index (χ0) is 10.6. The van der Waals surface area contributed by atoms with Gasteiger partial charge in [-0.15, -0.1) is 0 Å². The Balaban J connectivity index is 2.72. The van der Waals surface area contributed by atoms with Crippen LogP contribution in [0.1, 0.15) is 48.4 Å². The van der Waals surface area contributed by atoms with Crippen molar-refractivity contribution in [1.29, 1.82) is 0 Å². The van der Waals surface area contributed by atoms with Crippen molar-refractivity contribution >= 4 is 0 Å². The molecular formula is C14H22. The van der Waals surface area contributed by atoms with E-state index in [1.807, 2.05) is 0 Å². The van der Waals surface area contributed by atoms with Crippen LogP contribution in [0.3, 0.4) is 0 Å². The lowest BCUT2D eigenvalue weighted by molar-refractivity contribution is 0.715. The molecule has 1 aromatic rings. The van der Waals surface area contributed by atoms with Crippen LogP contribution < -0.4 is 0 Å². The lowest BCUT2D eigenvalue weighted by Gasteiger charge is -2.09. The average molecular weight is 190 g/mol. The molecule has 0 N–H and O–H groups in total. The second-order valence-corrected chi connectivity index (χ2v) is 4.32. The van der Waals surface area contributed by atoms with E-state index in [1.54, 1.807) is 5.56 Å². The molecule has 14 heavy (non-hydrogen) atoms. The molecule has 0 atom stereocenters. The third-order valence-electron chi connectivity index (χ3n) is 3.00. The van der Waals surface area contributed by atoms with Crippen LogP contribution in [-0.2, 0) is 6.42 Å². The zero-order valence-corrected chi connectivity index (χ0v) is 9.98. The summed E-state index contributed by atoms with van der Waals surface area (Å²) in [5.74, 6) is 0. The molecule has 0 aliphatic rings. The first-order valence-electron chi connectivity index (χ1n) is 5.72. The van der Waals surface area contributed by atoms with Crippen LogP contribution in [0, 0.1) is 20.8 Å². The Labute approximate surface area is 88.4 Å². The van der Waals surface area contributed by atoms with E-state index in [-0.39, 0.29) is 0 Å². The fourth-order valence-electron chi connectivity index (χ4n) is 1.86. The third-order valence-corrected chi connectivity index (χ3v) is 3.00. The molecule has 0 saturated carbocycles. The number of benzene rings is 1. The van der Waals surface area contributed by atoms with Crippen LogP contribution in [0.15, 0.2) is 12.1 Å². The van der Waals surface area contributed by atoms with Crippen molar-refractivity contribution in [2.75, 3.05) is 0 Å². The van der Waals surface area contributed by atoms with E-state index in [0.717, 1.165) is 0 Å². The van der Waals surface area contributed by atoms with E-state index in [1.165, 1.54) is 42.4 Å². The lowest BCUT2D eigenvalue weighted by Crippen LogP contribution is -1.93. The molecule has 0 aliphatic heterocycles. The molecule has 1 rings (SSSR count). The minimum atomic E-state index is 1.25. The van der Waals surface area contributed by atoms with Gasteiger partial charge in [-0.3, -0.25) is 0 Å². The Morgan fingerprint density at radius 3 is 2.14 bits per heavy atom. The van der Waals surface area contributed by atoms with Gasteiger partial charge in [0.1, 0.15) is 0 Å². The predicted octanol–water partition coefficient (Wildman–Crippen LogP) is 4.34. The minimum absolute atomic E-state index is 1.25. The molecule has 0 saturated heterocycles. The van der Waals surface area contributed by atoms with E-state index in [9.17, 15) is 0 Å². The number of hydrogen-bond donors (Lipinski definition) is 0. The van der Waals surface area contributed by atoms with E-state index < -0.39 is 0 Å². The zero-order valence-electron chi connectivity index (χ0n) is 9.98. The van der Waals surface area contributed by atoms with Gasteiger partial charge in [-0.1, -0.05) is 31.9 Å². The maximum atomic E-state index is 2.36. The van der Waals surface area contributed by atoms with Gasteiger partial charge in [0.2, 0.25) is 0 Å². The van der Waals surface area contributed by atoms with Gasteiger partial charge in [-0.2, -0.15) is 0 Å². The molecule has 1 aromatic carbocycles. The highest BCUT2D eigenvalue weighted by Gasteiger charge is 2.01. The minimum Gasteiger partial charge on any atom is -0.0654 e. The third kappa shape index (κ3) is 2.87. The number of rotatable bonds is 4. The Morgan fingerprint density at radius 2 is 1.50 bits per heavy atom. The highest BCUT2D eigenvalue weighted by Crippen LogP contribution is 2.17. The molecular weight excluding hydrogens is 168 g/mol. The fourth-order valence-corrected chi connectivity index (χ4v) is 1.86. The standard InChI is InChI=1S/C14H22/c1-5-6-7-8-14-10-12(3)11(2)9-13(14)4/h9-10H,5-8H2,1-4H3. The summed E-state index contributed by atoms with van der Waals surface area (Å²) in [5.41, 5.74) is 5.86. The van der Waals surface area contributed by atoms with Crippen LogP contribution in [-0.4, -0.2) is 0 Å². The number of unbranched alkanes of at least 4 members (excludes halogenated alkanes) is 2. The predicted molar refractivity (Wildman–Crippen MR) is 63.9 cm³/mol. The van der Waals surface area contributed by atoms with Crippen LogP contribution >= 0.6 is 0 Å². The van der Waals surface area contributed by atoms with Gasteiger partial charge in [0.25, 0.3) is 0 Å². The first-order chi connectivity index (χ1) is 6.65. The first-order valence-corrected chi connectivity index (χ1v) is 5.72. The maximum absolute atomic E-state index is 2.36. The molecule has 0 aromatic heterocycles. The number of aryl methyl sites for hydroxylation is 4. The van der Waals surface area contributed by atoms with E-state index in [0.29, 0.717) is 0 Å². The quantitative estimate of drug-likeness (QED) is 0.619.